The second-order valence-corrected chi connectivity index (χ2v) is 8.56. The lowest BCUT2D eigenvalue weighted by Crippen LogP contribution is -2.40. The van der Waals surface area contributed by atoms with Crippen molar-refractivity contribution in [3.05, 3.63) is 29.8 Å². The van der Waals surface area contributed by atoms with Crippen LogP contribution in [0.3, 0.4) is 0 Å². The molecule has 19 heavy (non-hydrogen) atoms. The number of hydrogen-bond acceptors (Lipinski definition) is 3. The minimum atomic E-state index is -3.00. The molecule has 2 rings (SSSR count). The van der Waals surface area contributed by atoms with E-state index in [4.69, 9.17) is 0 Å². The third-order valence-electron chi connectivity index (χ3n) is 3.45. The van der Waals surface area contributed by atoms with E-state index in [1.165, 1.54) is 10.5 Å². The van der Waals surface area contributed by atoms with Crippen LogP contribution in [-0.2, 0) is 10.0 Å². The van der Waals surface area contributed by atoms with Gasteiger partial charge in [0.1, 0.15) is 0 Å². The van der Waals surface area contributed by atoms with Gasteiger partial charge >= 0.3 is 0 Å². The molecule has 0 spiro atoms. The van der Waals surface area contributed by atoms with Crippen molar-refractivity contribution in [3.8, 4) is 0 Å². The molecule has 0 bridgehead atoms. The molecule has 1 aliphatic heterocycles. The van der Waals surface area contributed by atoms with E-state index in [0.29, 0.717) is 18.3 Å². The van der Waals surface area contributed by atoms with Gasteiger partial charge in [0.15, 0.2) is 0 Å². The fraction of sp³-hybridized carbons (Fsp3) is 0.571. The van der Waals surface area contributed by atoms with Crippen molar-refractivity contribution in [2.45, 2.75) is 36.8 Å². The molecule has 1 saturated heterocycles. The molecule has 0 saturated carbocycles. The standard InChI is InChI=1S/C14H21NO2S2/c1-3-19(16,17)15-9-7-13(8-10-15)18-14-6-4-5-12(2)11-14/h4-6,11,13H,3,7-10H2,1-2H3. The van der Waals surface area contributed by atoms with Crippen LogP contribution in [0.1, 0.15) is 25.3 Å². The predicted octanol–water partition coefficient (Wildman–Crippen LogP) is 2.90. The minimum absolute atomic E-state index is 0.211. The molecule has 1 heterocycles. The van der Waals surface area contributed by atoms with E-state index >= 15 is 0 Å². The van der Waals surface area contributed by atoms with Crippen LogP contribution in [0, 0.1) is 6.92 Å². The fourth-order valence-electron chi connectivity index (χ4n) is 2.29. The molecule has 1 aromatic carbocycles. The smallest absolute Gasteiger partial charge is 0.212 e. The molecule has 0 aliphatic carbocycles. The molecule has 0 atom stereocenters. The van der Waals surface area contributed by atoms with Gasteiger partial charge < -0.3 is 0 Å². The lowest BCUT2D eigenvalue weighted by atomic mass is 10.2. The summed E-state index contributed by atoms with van der Waals surface area (Å²) in [5, 5.41) is 0.533. The van der Waals surface area contributed by atoms with Crippen molar-refractivity contribution in [2.24, 2.45) is 0 Å². The molecule has 5 heteroatoms. The molecule has 1 aliphatic rings. The third-order valence-corrected chi connectivity index (χ3v) is 6.66. The average molecular weight is 299 g/mol. The first-order chi connectivity index (χ1) is 9.01. The van der Waals surface area contributed by atoms with Gasteiger partial charge in [-0.25, -0.2) is 12.7 Å². The van der Waals surface area contributed by atoms with E-state index in [2.05, 4.69) is 31.2 Å². The molecular weight excluding hydrogens is 278 g/mol. The molecule has 3 nitrogen and oxygen atoms in total. The van der Waals surface area contributed by atoms with Crippen LogP contribution < -0.4 is 0 Å². The van der Waals surface area contributed by atoms with Gasteiger partial charge in [-0.05, 0) is 38.8 Å². The second-order valence-electron chi connectivity index (χ2n) is 4.93. The first-order valence-corrected chi connectivity index (χ1v) is 9.21. The van der Waals surface area contributed by atoms with E-state index in [0.717, 1.165) is 12.8 Å². The molecule has 1 aromatic rings. The Bertz CT molecular complexity index is 520. The zero-order valence-corrected chi connectivity index (χ0v) is 13.1. The van der Waals surface area contributed by atoms with E-state index in [9.17, 15) is 8.42 Å². The van der Waals surface area contributed by atoms with E-state index in [1.807, 2.05) is 11.8 Å². The summed E-state index contributed by atoms with van der Waals surface area (Å²) in [4.78, 5) is 1.29. The minimum Gasteiger partial charge on any atom is -0.212 e. The van der Waals surface area contributed by atoms with Crippen molar-refractivity contribution in [2.75, 3.05) is 18.8 Å². The monoisotopic (exact) mass is 299 g/mol. The van der Waals surface area contributed by atoms with Crippen molar-refractivity contribution in [1.29, 1.82) is 0 Å². The highest BCUT2D eigenvalue weighted by molar-refractivity contribution is 8.00. The summed E-state index contributed by atoms with van der Waals surface area (Å²) in [6.45, 7) is 5.14. The fourth-order valence-corrected chi connectivity index (χ4v) is 4.67. The lowest BCUT2D eigenvalue weighted by Gasteiger charge is -2.30. The molecule has 1 fully saturated rings. The zero-order valence-electron chi connectivity index (χ0n) is 11.5. The third kappa shape index (κ3) is 3.97. The number of thioether (sulfide) groups is 1. The van der Waals surface area contributed by atoms with Gasteiger partial charge in [0.25, 0.3) is 0 Å². The van der Waals surface area contributed by atoms with Gasteiger partial charge in [0.2, 0.25) is 10.0 Å². The van der Waals surface area contributed by atoms with Gasteiger partial charge in [0, 0.05) is 23.2 Å². The highest BCUT2D eigenvalue weighted by Gasteiger charge is 2.26. The first-order valence-electron chi connectivity index (χ1n) is 6.72. The van der Waals surface area contributed by atoms with Crippen molar-refractivity contribution in [3.63, 3.8) is 0 Å². The summed E-state index contributed by atoms with van der Waals surface area (Å²) < 4.78 is 25.2. The van der Waals surface area contributed by atoms with Crippen LogP contribution in [0.4, 0.5) is 0 Å². The number of piperidine rings is 1. The summed E-state index contributed by atoms with van der Waals surface area (Å²) >= 11 is 1.88. The van der Waals surface area contributed by atoms with Gasteiger partial charge in [-0.2, -0.15) is 0 Å². The van der Waals surface area contributed by atoms with Crippen LogP contribution in [-0.4, -0.2) is 36.8 Å². The van der Waals surface area contributed by atoms with E-state index in [1.54, 1.807) is 11.2 Å². The zero-order chi connectivity index (χ0) is 13.9. The molecular formula is C14H21NO2S2. The Morgan fingerprint density at radius 1 is 1.32 bits per heavy atom. The maximum absolute atomic E-state index is 11.8. The quantitative estimate of drug-likeness (QED) is 0.858. The van der Waals surface area contributed by atoms with Crippen molar-refractivity contribution in [1.82, 2.24) is 4.31 Å². The number of sulfonamides is 1. The van der Waals surface area contributed by atoms with E-state index in [-0.39, 0.29) is 5.75 Å². The Morgan fingerprint density at radius 3 is 2.58 bits per heavy atom. The average Bonchev–Trinajstić information content (AvgIpc) is 2.39. The van der Waals surface area contributed by atoms with E-state index < -0.39 is 10.0 Å². The number of nitrogens with zero attached hydrogens (tertiary/aromatic N) is 1. The van der Waals surface area contributed by atoms with Crippen molar-refractivity contribution >= 4 is 21.8 Å². The lowest BCUT2D eigenvalue weighted by molar-refractivity contribution is 0.353. The molecule has 0 amide bonds. The van der Waals surface area contributed by atoms with Crippen LogP contribution in [0.15, 0.2) is 29.2 Å². The summed E-state index contributed by atoms with van der Waals surface area (Å²) in [6.07, 6.45) is 1.88. The maximum Gasteiger partial charge on any atom is 0.213 e. The summed E-state index contributed by atoms with van der Waals surface area (Å²) in [5.41, 5.74) is 1.27. The molecule has 0 aromatic heterocycles. The molecule has 106 valence electrons. The maximum atomic E-state index is 11.8. The Morgan fingerprint density at radius 2 is 2.00 bits per heavy atom. The predicted molar refractivity (Wildman–Crippen MR) is 81.1 cm³/mol. The number of aryl methyl sites for hydroxylation is 1. The van der Waals surface area contributed by atoms with Gasteiger partial charge in [0.05, 0.1) is 5.75 Å². The number of rotatable bonds is 4. The van der Waals surface area contributed by atoms with Gasteiger partial charge in [-0.1, -0.05) is 17.7 Å². The Kier molecular flexibility index (Phi) is 4.92. The van der Waals surface area contributed by atoms with Crippen LogP contribution in [0.2, 0.25) is 0 Å². The highest BCUT2D eigenvalue weighted by atomic mass is 32.2. The van der Waals surface area contributed by atoms with Crippen molar-refractivity contribution < 1.29 is 8.42 Å². The van der Waals surface area contributed by atoms with Gasteiger partial charge in [-0.15, -0.1) is 11.8 Å². The molecule has 0 unspecified atom stereocenters. The topological polar surface area (TPSA) is 37.4 Å². The van der Waals surface area contributed by atoms with Gasteiger partial charge in [-0.3, -0.25) is 0 Å². The Hall–Kier alpha value is -0.520. The normalized spacial score (nSPS) is 18.6. The SMILES string of the molecule is CCS(=O)(=O)N1CCC(Sc2cccc(C)c2)CC1. The Balaban J connectivity index is 1.91. The number of benzene rings is 1. The first kappa shape index (κ1) is 14.9. The summed E-state index contributed by atoms with van der Waals surface area (Å²) in [7, 11) is -3.00. The highest BCUT2D eigenvalue weighted by Crippen LogP contribution is 2.31. The van der Waals surface area contributed by atoms with Crippen LogP contribution >= 0.6 is 11.8 Å². The molecule has 0 radical (unpaired) electrons. The largest absolute Gasteiger partial charge is 0.213 e. The number of hydrogen-bond donors (Lipinski definition) is 0. The van der Waals surface area contributed by atoms with Crippen LogP contribution in [0.5, 0.6) is 0 Å². The van der Waals surface area contributed by atoms with Crippen LogP contribution in [0.25, 0.3) is 0 Å². The second kappa shape index (κ2) is 6.29. The summed E-state index contributed by atoms with van der Waals surface area (Å²) in [6, 6.07) is 8.50. The Labute approximate surface area is 120 Å². The summed E-state index contributed by atoms with van der Waals surface area (Å²) in [5.74, 6) is 0.211. The molecule has 0 N–H and O–H groups in total.